The molecule has 2 nitrogen and oxygen atoms in total. The van der Waals surface area contributed by atoms with Crippen LogP contribution in [0.2, 0.25) is 5.02 Å². The average molecular weight is 428 g/mol. The van der Waals surface area contributed by atoms with Gasteiger partial charge in [0.1, 0.15) is 11.5 Å². The fourth-order valence-electron chi connectivity index (χ4n) is 3.45. The third-order valence-corrected chi connectivity index (χ3v) is 5.32. The minimum Gasteiger partial charge on any atom is -0.457 e. The van der Waals surface area contributed by atoms with Gasteiger partial charge in [-0.2, -0.15) is 0 Å². The summed E-state index contributed by atoms with van der Waals surface area (Å²) in [6.45, 7) is 6.69. The lowest BCUT2D eigenvalue weighted by molar-refractivity contribution is 0.483. The summed E-state index contributed by atoms with van der Waals surface area (Å²) in [6.07, 6.45) is 0. The molecule has 0 bridgehead atoms. The zero-order chi connectivity index (χ0) is 21.8. The topological polar surface area (TPSA) is 21.3 Å². The van der Waals surface area contributed by atoms with Crippen LogP contribution < -0.4 is 10.1 Å². The highest BCUT2D eigenvalue weighted by Gasteiger charge is 2.16. The molecule has 0 saturated heterocycles. The Balaban J connectivity index is 1.70. The maximum absolute atomic E-state index is 6.40. The van der Waals surface area contributed by atoms with Gasteiger partial charge in [-0.1, -0.05) is 87.0 Å². The van der Waals surface area contributed by atoms with E-state index in [-0.39, 0.29) is 5.41 Å². The lowest BCUT2D eigenvalue weighted by Crippen LogP contribution is -2.11. The van der Waals surface area contributed by atoms with Crippen LogP contribution >= 0.6 is 11.6 Å². The molecule has 0 amide bonds. The molecule has 0 aliphatic heterocycles. The van der Waals surface area contributed by atoms with Gasteiger partial charge in [-0.15, -0.1) is 0 Å². The first-order valence-electron chi connectivity index (χ1n) is 10.4. The summed E-state index contributed by atoms with van der Waals surface area (Å²) in [6, 6.07) is 32.4. The average Bonchev–Trinajstić information content (AvgIpc) is 2.74. The maximum Gasteiger partial charge on any atom is 0.130 e. The van der Waals surface area contributed by atoms with E-state index in [2.05, 4.69) is 68.6 Å². The van der Waals surface area contributed by atoms with Gasteiger partial charge in [-0.3, -0.25) is 0 Å². The lowest BCUT2D eigenvalue weighted by atomic mass is 9.85. The fraction of sp³-hybridized carbons (Fsp3) is 0.143. The number of halogens is 1. The van der Waals surface area contributed by atoms with Crippen LogP contribution in [-0.4, -0.2) is 0 Å². The van der Waals surface area contributed by atoms with Gasteiger partial charge in [-0.25, -0.2) is 0 Å². The number of hydrogen-bond acceptors (Lipinski definition) is 2. The second-order valence-electron chi connectivity index (χ2n) is 8.59. The third-order valence-electron chi connectivity index (χ3n) is 5.10. The Labute approximate surface area is 189 Å². The van der Waals surface area contributed by atoms with E-state index >= 15 is 0 Å². The Morgan fingerprint density at radius 1 is 0.710 bits per heavy atom. The summed E-state index contributed by atoms with van der Waals surface area (Å²) in [4.78, 5) is 0. The van der Waals surface area contributed by atoms with E-state index in [1.807, 2.05) is 54.6 Å². The molecule has 0 fully saturated rings. The quantitative estimate of drug-likeness (QED) is 0.343. The van der Waals surface area contributed by atoms with E-state index in [9.17, 15) is 0 Å². The molecule has 0 heterocycles. The van der Waals surface area contributed by atoms with Crippen LogP contribution in [0.25, 0.3) is 11.1 Å². The summed E-state index contributed by atoms with van der Waals surface area (Å²) in [5.41, 5.74) is 5.56. The predicted octanol–water partition coefficient (Wildman–Crippen LogP) is 8.84. The molecule has 0 unspecified atom stereocenters. The number of hydrogen-bond donors (Lipinski definition) is 1. The third kappa shape index (κ3) is 5.28. The number of anilines is 2. The van der Waals surface area contributed by atoms with E-state index in [1.165, 1.54) is 11.1 Å². The van der Waals surface area contributed by atoms with Gasteiger partial charge in [-0.05, 0) is 52.9 Å². The summed E-state index contributed by atoms with van der Waals surface area (Å²) >= 11 is 6.40. The van der Waals surface area contributed by atoms with Crippen molar-refractivity contribution in [2.24, 2.45) is 0 Å². The van der Waals surface area contributed by atoms with E-state index < -0.39 is 0 Å². The summed E-state index contributed by atoms with van der Waals surface area (Å²) in [5, 5.41) is 4.17. The van der Waals surface area contributed by atoms with Crippen LogP contribution in [0, 0.1) is 0 Å². The highest BCUT2D eigenvalue weighted by atomic mass is 35.5. The van der Waals surface area contributed by atoms with Crippen molar-refractivity contribution in [2.75, 3.05) is 5.32 Å². The molecule has 1 N–H and O–H groups in total. The highest BCUT2D eigenvalue weighted by Crippen LogP contribution is 2.36. The number of benzene rings is 4. The first kappa shape index (κ1) is 21.0. The molecular weight excluding hydrogens is 402 g/mol. The lowest BCUT2D eigenvalue weighted by Gasteiger charge is -2.22. The Bertz CT molecular complexity index is 1160. The van der Waals surface area contributed by atoms with Gasteiger partial charge in [0.2, 0.25) is 0 Å². The van der Waals surface area contributed by atoms with Crippen molar-refractivity contribution in [1.29, 1.82) is 0 Å². The number of nitrogens with one attached hydrogen (secondary N) is 1. The number of ether oxygens (including phenoxy) is 1. The van der Waals surface area contributed by atoms with E-state index in [0.29, 0.717) is 10.8 Å². The fourth-order valence-corrected chi connectivity index (χ4v) is 3.68. The van der Waals surface area contributed by atoms with Gasteiger partial charge < -0.3 is 10.1 Å². The zero-order valence-electron chi connectivity index (χ0n) is 18.0. The van der Waals surface area contributed by atoms with Crippen LogP contribution in [0.15, 0.2) is 97.1 Å². The van der Waals surface area contributed by atoms with Crippen LogP contribution in [0.5, 0.6) is 11.5 Å². The predicted molar refractivity (Wildman–Crippen MR) is 132 cm³/mol. The smallest absolute Gasteiger partial charge is 0.130 e. The molecule has 0 radical (unpaired) electrons. The van der Waals surface area contributed by atoms with Crippen molar-refractivity contribution >= 4 is 23.0 Å². The van der Waals surface area contributed by atoms with Crippen molar-refractivity contribution in [3.8, 4) is 22.6 Å². The molecule has 0 atom stereocenters. The molecule has 3 heteroatoms. The summed E-state index contributed by atoms with van der Waals surface area (Å²) < 4.78 is 5.99. The summed E-state index contributed by atoms with van der Waals surface area (Å²) in [7, 11) is 0. The minimum absolute atomic E-state index is 0.0643. The Morgan fingerprint density at radius 3 is 2.06 bits per heavy atom. The van der Waals surface area contributed by atoms with Crippen molar-refractivity contribution in [2.45, 2.75) is 26.2 Å². The highest BCUT2D eigenvalue weighted by molar-refractivity contribution is 6.31. The molecule has 0 aliphatic carbocycles. The van der Waals surface area contributed by atoms with Gasteiger partial charge in [0, 0.05) is 28.0 Å². The summed E-state index contributed by atoms with van der Waals surface area (Å²) in [5.74, 6) is 1.46. The normalized spacial score (nSPS) is 11.2. The Kier molecular flexibility index (Phi) is 6.01. The molecule has 0 saturated carbocycles. The van der Waals surface area contributed by atoms with E-state index in [4.69, 9.17) is 16.3 Å². The first-order chi connectivity index (χ1) is 14.9. The minimum atomic E-state index is 0.0643. The van der Waals surface area contributed by atoms with Gasteiger partial charge in [0.25, 0.3) is 0 Å². The molecule has 31 heavy (non-hydrogen) atoms. The molecular formula is C28H26ClNO. The monoisotopic (exact) mass is 427 g/mol. The zero-order valence-corrected chi connectivity index (χ0v) is 18.8. The molecule has 0 aliphatic rings. The van der Waals surface area contributed by atoms with Gasteiger partial charge in [0.15, 0.2) is 0 Å². The largest absolute Gasteiger partial charge is 0.457 e. The molecule has 0 spiro atoms. The molecule has 4 aromatic rings. The molecule has 0 aromatic heterocycles. The van der Waals surface area contributed by atoms with Crippen LogP contribution in [0.4, 0.5) is 11.4 Å². The van der Waals surface area contributed by atoms with Crippen LogP contribution in [-0.2, 0) is 5.41 Å². The Morgan fingerprint density at radius 2 is 1.39 bits per heavy atom. The second kappa shape index (κ2) is 8.87. The van der Waals surface area contributed by atoms with Crippen LogP contribution in [0.3, 0.4) is 0 Å². The van der Waals surface area contributed by atoms with Gasteiger partial charge in [0.05, 0.1) is 0 Å². The van der Waals surface area contributed by atoms with Crippen molar-refractivity contribution in [1.82, 2.24) is 0 Å². The van der Waals surface area contributed by atoms with Crippen molar-refractivity contribution < 1.29 is 4.74 Å². The van der Waals surface area contributed by atoms with Crippen molar-refractivity contribution in [3.05, 3.63) is 108 Å². The molecule has 156 valence electrons. The second-order valence-corrected chi connectivity index (χ2v) is 9.03. The van der Waals surface area contributed by atoms with Gasteiger partial charge >= 0.3 is 0 Å². The Hall–Kier alpha value is -3.23. The van der Waals surface area contributed by atoms with E-state index in [0.717, 1.165) is 22.7 Å². The van der Waals surface area contributed by atoms with E-state index in [1.54, 1.807) is 0 Å². The number of para-hydroxylation sites is 1. The van der Waals surface area contributed by atoms with Crippen molar-refractivity contribution in [3.63, 3.8) is 0 Å². The molecule has 4 rings (SSSR count). The maximum atomic E-state index is 6.40. The SMILES string of the molecule is CC(C)(C)c1ccc(Nc2cc(Cl)cc(Oc3ccccc3)c2)c(-c2ccccc2)c1. The standard InChI is InChI=1S/C28H26ClNO/c1-28(2,3)21-14-15-27(26(16-21)20-10-6-4-7-11-20)30-23-17-22(29)18-25(19-23)31-24-12-8-5-9-13-24/h4-19,30H,1-3H3. The van der Waals surface area contributed by atoms with Crippen LogP contribution in [0.1, 0.15) is 26.3 Å². The molecule has 4 aromatic carbocycles. The first-order valence-corrected chi connectivity index (χ1v) is 10.8. The number of rotatable bonds is 5.